The number of fused-ring (bicyclic) bond motifs is 3. The molecule has 1 aliphatic heterocycles. The quantitative estimate of drug-likeness (QED) is 0.437. The molecule has 0 fully saturated rings. The molecule has 0 unspecified atom stereocenters. The van der Waals surface area contributed by atoms with Gasteiger partial charge in [0.25, 0.3) is 0 Å². The summed E-state index contributed by atoms with van der Waals surface area (Å²) in [6.45, 7) is 1.87. The van der Waals surface area contributed by atoms with E-state index in [0.717, 1.165) is 0 Å². The average Bonchev–Trinajstić information content (AvgIpc) is 3.16. The molecule has 0 spiro atoms. The summed E-state index contributed by atoms with van der Waals surface area (Å²) in [5.74, 6) is 0.678. The predicted molar refractivity (Wildman–Crippen MR) is 113 cm³/mol. The molecule has 148 valence electrons. The normalized spacial score (nSPS) is 15.2. The summed E-state index contributed by atoms with van der Waals surface area (Å²) in [5, 5.41) is 9.30. The first-order valence-corrected chi connectivity index (χ1v) is 9.85. The third kappa shape index (κ3) is 2.89. The lowest BCUT2D eigenvalue weighted by Crippen LogP contribution is -2.11. The van der Waals surface area contributed by atoms with Crippen molar-refractivity contribution in [1.29, 1.82) is 0 Å². The number of halogens is 3. The highest BCUT2D eigenvalue weighted by Gasteiger charge is 2.30. The Labute approximate surface area is 181 Å². The molecule has 0 saturated carbocycles. The third-order valence-electron chi connectivity index (χ3n) is 4.88. The van der Waals surface area contributed by atoms with Crippen LogP contribution in [0.2, 0.25) is 10.0 Å². The summed E-state index contributed by atoms with van der Waals surface area (Å²) >= 11 is 13.0. The Hall–Kier alpha value is -3.16. The maximum Gasteiger partial charge on any atom is 0.187 e. The molecule has 0 N–H and O–H groups in total. The molecule has 0 aliphatic carbocycles. The highest BCUT2D eigenvalue weighted by molar-refractivity contribution is 6.45. The van der Waals surface area contributed by atoms with Gasteiger partial charge in [-0.3, -0.25) is 9.56 Å². The standard InChI is InChI=1S/C21H13Cl2FN6/c1-11-20-28-29-21(15-8-9-25-10-26-15)30(20)16-7-6-13(22)18(23)17(16)19(27-11)12-4-2-3-5-14(12)24/h2-11H,1H3/t11-/m0/s1. The molecule has 0 radical (unpaired) electrons. The molecule has 6 nitrogen and oxygen atoms in total. The topological polar surface area (TPSA) is 68.8 Å². The van der Waals surface area contributed by atoms with Gasteiger partial charge in [0.15, 0.2) is 11.6 Å². The van der Waals surface area contributed by atoms with Gasteiger partial charge < -0.3 is 0 Å². The van der Waals surface area contributed by atoms with Crippen molar-refractivity contribution < 1.29 is 4.39 Å². The molecule has 30 heavy (non-hydrogen) atoms. The molecule has 9 heteroatoms. The Balaban J connectivity index is 1.86. The van der Waals surface area contributed by atoms with Gasteiger partial charge in [-0.1, -0.05) is 35.3 Å². The fraction of sp³-hybridized carbons (Fsp3) is 0.0952. The molecule has 1 aliphatic rings. The van der Waals surface area contributed by atoms with Gasteiger partial charge in [-0.15, -0.1) is 10.2 Å². The Morgan fingerprint density at radius 1 is 1.03 bits per heavy atom. The third-order valence-corrected chi connectivity index (χ3v) is 5.68. The van der Waals surface area contributed by atoms with Gasteiger partial charge in [0, 0.05) is 17.3 Å². The highest BCUT2D eigenvalue weighted by atomic mass is 35.5. The minimum Gasteiger partial charge on any atom is -0.275 e. The van der Waals surface area contributed by atoms with Gasteiger partial charge in [-0.05, 0) is 37.3 Å². The van der Waals surface area contributed by atoms with E-state index in [1.807, 2.05) is 11.5 Å². The molecular formula is C21H13Cl2FN6. The van der Waals surface area contributed by atoms with Crippen LogP contribution >= 0.6 is 23.2 Å². The average molecular weight is 439 g/mol. The number of hydrogen-bond acceptors (Lipinski definition) is 5. The Bertz CT molecular complexity index is 1300. The fourth-order valence-corrected chi connectivity index (χ4v) is 3.93. The van der Waals surface area contributed by atoms with E-state index in [-0.39, 0.29) is 5.02 Å². The molecule has 4 aromatic rings. The van der Waals surface area contributed by atoms with Gasteiger partial charge in [0.05, 0.1) is 21.4 Å². The van der Waals surface area contributed by atoms with Crippen LogP contribution in [0.1, 0.15) is 29.9 Å². The van der Waals surface area contributed by atoms with Crippen molar-refractivity contribution in [2.24, 2.45) is 4.99 Å². The molecule has 0 saturated heterocycles. The van der Waals surface area contributed by atoms with Crippen LogP contribution in [-0.2, 0) is 0 Å². The summed E-state index contributed by atoms with van der Waals surface area (Å²) in [6.07, 6.45) is 3.06. The monoisotopic (exact) mass is 438 g/mol. The minimum atomic E-state index is -0.426. The minimum absolute atomic E-state index is 0.276. The summed E-state index contributed by atoms with van der Waals surface area (Å²) in [6, 6.07) is 11.2. The second kappa shape index (κ2) is 7.27. The Morgan fingerprint density at radius 2 is 1.87 bits per heavy atom. The molecule has 2 aromatic heterocycles. The molecule has 2 aromatic carbocycles. The van der Waals surface area contributed by atoms with Crippen molar-refractivity contribution in [3.8, 4) is 17.2 Å². The van der Waals surface area contributed by atoms with E-state index in [4.69, 9.17) is 28.2 Å². The van der Waals surface area contributed by atoms with Crippen LogP contribution in [0.15, 0.2) is 60.0 Å². The number of hydrogen-bond donors (Lipinski definition) is 0. The number of nitrogens with zero attached hydrogens (tertiary/aromatic N) is 6. The number of benzene rings is 2. The van der Waals surface area contributed by atoms with Gasteiger partial charge in [-0.2, -0.15) is 0 Å². The van der Waals surface area contributed by atoms with E-state index in [9.17, 15) is 4.39 Å². The van der Waals surface area contributed by atoms with Crippen LogP contribution in [0.25, 0.3) is 17.2 Å². The van der Waals surface area contributed by atoms with Crippen molar-refractivity contribution >= 4 is 28.9 Å². The first kappa shape index (κ1) is 18.8. The molecule has 3 heterocycles. The van der Waals surface area contributed by atoms with Crippen molar-refractivity contribution in [3.63, 3.8) is 0 Å². The lowest BCUT2D eigenvalue weighted by molar-refractivity contribution is 0.625. The maximum atomic E-state index is 14.8. The second-order valence-corrected chi connectivity index (χ2v) is 7.49. The predicted octanol–water partition coefficient (Wildman–Crippen LogP) is 5.08. The smallest absolute Gasteiger partial charge is 0.187 e. The number of aliphatic imine (C=N–C) groups is 1. The van der Waals surface area contributed by atoms with Crippen LogP contribution in [-0.4, -0.2) is 30.4 Å². The maximum absolute atomic E-state index is 14.8. The lowest BCUT2D eigenvalue weighted by atomic mass is 9.99. The van der Waals surface area contributed by atoms with E-state index in [1.54, 1.807) is 42.6 Å². The summed E-state index contributed by atoms with van der Waals surface area (Å²) in [4.78, 5) is 13.0. The van der Waals surface area contributed by atoms with Crippen molar-refractivity contribution in [1.82, 2.24) is 24.7 Å². The number of aromatic nitrogens is 5. The molecular weight excluding hydrogens is 426 g/mol. The van der Waals surface area contributed by atoms with E-state index < -0.39 is 11.9 Å². The van der Waals surface area contributed by atoms with Gasteiger partial charge in [0.1, 0.15) is 23.9 Å². The van der Waals surface area contributed by atoms with Crippen LogP contribution < -0.4 is 0 Å². The molecule has 0 amide bonds. The SMILES string of the molecule is C[C@@H]1N=C(c2ccccc2F)c2c(ccc(Cl)c2Cl)-n2c(-c3ccncn3)nnc21. The first-order valence-electron chi connectivity index (χ1n) is 9.09. The van der Waals surface area contributed by atoms with E-state index in [1.165, 1.54) is 12.4 Å². The Kier molecular flexibility index (Phi) is 4.56. The second-order valence-electron chi connectivity index (χ2n) is 6.70. The zero-order valence-corrected chi connectivity index (χ0v) is 17.1. The van der Waals surface area contributed by atoms with Crippen LogP contribution in [0.4, 0.5) is 4.39 Å². The zero-order valence-electron chi connectivity index (χ0n) is 15.6. The molecule has 0 bridgehead atoms. The molecule has 5 rings (SSSR count). The van der Waals surface area contributed by atoms with Crippen molar-refractivity contribution in [2.75, 3.05) is 0 Å². The van der Waals surface area contributed by atoms with Crippen LogP contribution in [0.3, 0.4) is 0 Å². The lowest BCUT2D eigenvalue weighted by Gasteiger charge is -2.16. The highest BCUT2D eigenvalue weighted by Crippen LogP contribution is 2.39. The zero-order chi connectivity index (χ0) is 20.8. The first-order chi connectivity index (χ1) is 14.6. The van der Waals surface area contributed by atoms with E-state index in [2.05, 4.69) is 20.2 Å². The summed E-state index contributed by atoms with van der Waals surface area (Å²) in [5.41, 5.74) is 2.47. The van der Waals surface area contributed by atoms with Gasteiger partial charge in [0.2, 0.25) is 0 Å². The summed E-state index contributed by atoms with van der Waals surface area (Å²) in [7, 11) is 0. The number of rotatable bonds is 2. The Morgan fingerprint density at radius 3 is 2.63 bits per heavy atom. The summed E-state index contributed by atoms with van der Waals surface area (Å²) < 4.78 is 16.6. The van der Waals surface area contributed by atoms with Crippen LogP contribution in [0.5, 0.6) is 0 Å². The fourth-order valence-electron chi connectivity index (χ4n) is 3.52. The van der Waals surface area contributed by atoms with Crippen molar-refractivity contribution in [3.05, 3.63) is 87.8 Å². The largest absolute Gasteiger partial charge is 0.275 e. The van der Waals surface area contributed by atoms with E-state index >= 15 is 0 Å². The molecule has 1 atom stereocenters. The van der Waals surface area contributed by atoms with Gasteiger partial charge >= 0.3 is 0 Å². The van der Waals surface area contributed by atoms with Crippen LogP contribution in [0, 0.1) is 5.82 Å². The van der Waals surface area contributed by atoms with Gasteiger partial charge in [-0.25, -0.2) is 14.4 Å². The van der Waals surface area contributed by atoms with E-state index in [0.29, 0.717) is 44.9 Å². The van der Waals surface area contributed by atoms with Crippen molar-refractivity contribution in [2.45, 2.75) is 13.0 Å².